The average Bonchev–Trinajstić information content (AvgIpc) is 3.44. The van der Waals surface area contributed by atoms with Gasteiger partial charge in [-0.05, 0) is 31.5 Å². The fourth-order valence-corrected chi connectivity index (χ4v) is 4.87. The number of carbonyl (C=O) groups is 1. The standard InChI is InChI=1S/C22H25N5O4S2/c1-14-12-32-21(24-14)16(11-23)17(28)13-33-22-26-25-20(27(22)8-5-9-29-2)15-6-7-18(30-3)19(10-15)31-4/h6-7,10,12,16H,5,8-9,13H2,1-4H3. The first kappa shape index (κ1) is 24.7. The van der Waals surface area contributed by atoms with Crippen LogP contribution in [0.1, 0.15) is 23.0 Å². The predicted molar refractivity (Wildman–Crippen MR) is 126 cm³/mol. The zero-order valence-corrected chi connectivity index (χ0v) is 20.5. The highest BCUT2D eigenvalue weighted by Gasteiger charge is 2.25. The monoisotopic (exact) mass is 487 g/mol. The molecule has 9 nitrogen and oxygen atoms in total. The first-order valence-electron chi connectivity index (χ1n) is 10.1. The predicted octanol–water partition coefficient (Wildman–Crippen LogP) is 3.73. The zero-order valence-electron chi connectivity index (χ0n) is 18.9. The Hall–Kier alpha value is -2.94. The fourth-order valence-electron chi connectivity index (χ4n) is 3.14. The molecule has 1 unspecified atom stereocenters. The minimum Gasteiger partial charge on any atom is -0.493 e. The van der Waals surface area contributed by atoms with Crippen LogP contribution in [0.3, 0.4) is 0 Å². The van der Waals surface area contributed by atoms with E-state index in [0.717, 1.165) is 17.7 Å². The van der Waals surface area contributed by atoms with Gasteiger partial charge in [0.05, 0.1) is 26.0 Å². The number of ether oxygens (including phenoxy) is 3. The average molecular weight is 488 g/mol. The van der Waals surface area contributed by atoms with Crippen LogP contribution in [0.25, 0.3) is 11.4 Å². The minimum absolute atomic E-state index is 0.0885. The molecule has 0 radical (unpaired) electrons. The summed E-state index contributed by atoms with van der Waals surface area (Å²) in [6.45, 7) is 3.02. The van der Waals surface area contributed by atoms with Crippen molar-refractivity contribution in [3.05, 3.63) is 34.3 Å². The van der Waals surface area contributed by atoms with Gasteiger partial charge in [0.15, 0.2) is 34.2 Å². The number of ketones is 1. The van der Waals surface area contributed by atoms with Gasteiger partial charge in [0.1, 0.15) is 5.01 Å². The molecule has 33 heavy (non-hydrogen) atoms. The van der Waals surface area contributed by atoms with Gasteiger partial charge in [0, 0.05) is 36.9 Å². The number of nitrogens with zero attached hydrogens (tertiary/aromatic N) is 5. The quantitative estimate of drug-likeness (QED) is 0.278. The van der Waals surface area contributed by atoms with Crippen molar-refractivity contribution >= 4 is 28.9 Å². The Bertz CT molecular complexity index is 1140. The van der Waals surface area contributed by atoms with E-state index in [1.807, 2.05) is 35.1 Å². The summed E-state index contributed by atoms with van der Waals surface area (Å²) >= 11 is 2.58. The molecule has 1 aromatic carbocycles. The molecule has 1 atom stereocenters. The van der Waals surface area contributed by atoms with Gasteiger partial charge in [-0.15, -0.1) is 21.5 Å². The molecule has 0 saturated carbocycles. The maximum atomic E-state index is 12.8. The van der Waals surface area contributed by atoms with Crippen LogP contribution in [0, 0.1) is 18.3 Å². The van der Waals surface area contributed by atoms with E-state index in [4.69, 9.17) is 14.2 Å². The Balaban J connectivity index is 1.84. The molecule has 3 aromatic rings. The molecule has 174 valence electrons. The number of Topliss-reactive ketones (excluding diaryl/α,β-unsaturated/α-hetero) is 1. The second kappa shape index (κ2) is 11.8. The Morgan fingerprint density at radius 1 is 1.24 bits per heavy atom. The largest absolute Gasteiger partial charge is 0.493 e. The number of thioether (sulfide) groups is 1. The van der Waals surface area contributed by atoms with Crippen LogP contribution in [0.5, 0.6) is 11.5 Å². The third kappa shape index (κ3) is 5.90. The van der Waals surface area contributed by atoms with Crippen molar-refractivity contribution < 1.29 is 19.0 Å². The number of aromatic nitrogens is 4. The highest BCUT2D eigenvalue weighted by Crippen LogP contribution is 2.33. The van der Waals surface area contributed by atoms with Gasteiger partial charge < -0.3 is 18.8 Å². The number of hydrogen-bond donors (Lipinski definition) is 0. The van der Waals surface area contributed by atoms with Gasteiger partial charge in [-0.2, -0.15) is 5.26 Å². The first-order chi connectivity index (χ1) is 16.0. The maximum absolute atomic E-state index is 12.8. The van der Waals surface area contributed by atoms with E-state index in [2.05, 4.69) is 21.3 Å². The fraction of sp³-hybridized carbons (Fsp3) is 0.409. The number of thiazole rings is 1. The van der Waals surface area contributed by atoms with Crippen molar-refractivity contribution in [3.63, 3.8) is 0 Å². The molecule has 3 rings (SSSR count). The van der Waals surface area contributed by atoms with Gasteiger partial charge in [-0.1, -0.05) is 11.8 Å². The summed E-state index contributed by atoms with van der Waals surface area (Å²) in [4.78, 5) is 17.1. The summed E-state index contributed by atoms with van der Waals surface area (Å²) in [6, 6.07) is 7.61. The van der Waals surface area contributed by atoms with E-state index in [-0.39, 0.29) is 11.5 Å². The number of rotatable bonds is 12. The van der Waals surface area contributed by atoms with Crippen molar-refractivity contribution in [2.75, 3.05) is 33.7 Å². The molecule has 0 aliphatic rings. The summed E-state index contributed by atoms with van der Waals surface area (Å²) in [7, 11) is 4.81. The molecule has 0 amide bonds. The third-order valence-corrected chi connectivity index (χ3v) is 6.78. The molecule has 2 aromatic heterocycles. The van der Waals surface area contributed by atoms with Gasteiger partial charge in [0.25, 0.3) is 0 Å². The third-order valence-electron chi connectivity index (χ3n) is 4.77. The number of benzene rings is 1. The van der Waals surface area contributed by atoms with E-state index in [9.17, 15) is 10.1 Å². The number of aryl methyl sites for hydroxylation is 1. The lowest BCUT2D eigenvalue weighted by atomic mass is 10.1. The number of carbonyl (C=O) groups excluding carboxylic acids is 1. The second-order valence-corrected chi connectivity index (χ2v) is 8.85. The molecule has 0 fully saturated rings. The Labute approximate surface area is 200 Å². The summed E-state index contributed by atoms with van der Waals surface area (Å²) in [5.74, 6) is 0.843. The van der Waals surface area contributed by atoms with Crippen LogP contribution < -0.4 is 9.47 Å². The van der Waals surface area contributed by atoms with Crippen molar-refractivity contribution in [2.24, 2.45) is 0 Å². The summed E-state index contributed by atoms with van der Waals surface area (Å²) in [6.07, 6.45) is 0.746. The van der Waals surface area contributed by atoms with E-state index >= 15 is 0 Å². The molecule has 0 aliphatic heterocycles. The molecule has 0 aliphatic carbocycles. The molecule has 11 heteroatoms. The molecule has 0 saturated heterocycles. The summed E-state index contributed by atoms with van der Waals surface area (Å²) in [5, 5.41) is 21.2. The lowest BCUT2D eigenvalue weighted by Crippen LogP contribution is -2.14. The smallest absolute Gasteiger partial charge is 0.191 e. The second-order valence-electron chi connectivity index (χ2n) is 7.02. The molecule has 0 N–H and O–H groups in total. The van der Waals surface area contributed by atoms with Crippen LogP contribution in [-0.4, -0.2) is 59.2 Å². The first-order valence-corrected chi connectivity index (χ1v) is 12.0. The van der Waals surface area contributed by atoms with E-state index in [1.165, 1.54) is 23.1 Å². The van der Waals surface area contributed by atoms with Gasteiger partial charge >= 0.3 is 0 Å². The topological polar surface area (TPSA) is 112 Å². The number of hydrogen-bond acceptors (Lipinski definition) is 10. The van der Waals surface area contributed by atoms with E-state index in [1.54, 1.807) is 21.3 Å². The minimum atomic E-state index is -0.883. The molecule has 2 heterocycles. The Morgan fingerprint density at radius 3 is 2.67 bits per heavy atom. The van der Waals surface area contributed by atoms with Crippen LogP contribution in [-0.2, 0) is 16.1 Å². The summed E-state index contributed by atoms with van der Waals surface area (Å²) in [5.41, 5.74) is 1.61. The molecule has 0 bridgehead atoms. The lowest BCUT2D eigenvalue weighted by Gasteiger charge is -2.12. The number of nitriles is 1. The highest BCUT2D eigenvalue weighted by molar-refractivity contribution is 7.99. The van der Waals surface area contributed by atoms with Crippen molar-refractivity contribution in [1.82, 2.24) is 19.7 Å². The van der Waals surface area contributed by atoms with Crippen molar-refractivity contribution in [3.8, 4) is 29.0 Å². The summed E-state index contributed by atoms with van der Waals surface area (Å²) < 4.78 is 17.9. The van der Waals surface area contributed by atoms with Crippen LogP contribution in [0.15, 0.2) is 28.7 Å². The molecular formula is C22H25N5O4S2. The molecule has 0 spiro atoms. The van der Waals surface area contributed by atoms with Crippen LogP contribution in [0.4, 0.5) is 0 Å². The SMILES string of the molecule is COCCCn1c(SCC(=O)C(C#N)c2nc(C)cs2)nnc1-c1ccc(OC)c(OC)c1. The van der Waals surface area contributed by atoms with Gasteiger partial charge in [-0.3, -0.25) is 4.79 Å². The van der Waals surface area contributed by atoms with Crippen LogP contribution in [0.2, 0.25) is 0 Å². The highest BCUT2D eigenvalue weighted by atomic mass is 32.2. The van der Waals surface area contributed by atoms with Crippen LogP contribution >= 0.6 is 23.1 Å². The lowest BCUT2D eigenvalue weighted by molar-refractivity contribution is -0.116. The molecular weight excluding hydrogens is 462 g/mol. The Morgan fingerprint density at radius 2 is 2.03 bits per heavy atom. The van der Waals surface area contributed by atoms with Gasteiger partial charge in [0.2, 0.25) is 0 Å². The maximum Gasteiger partial charge on any atom is 0.191 e. The van der Waals surface area contributed by atoms with Crippen molar-refractivity contribution in [1.29, 1.82) is 5.26 Å². The van der Waals surface area contributed by atoms with Crippen molar-refractivity contribution in [2.45, 2.75) is 31.0 Å². The van der Waals surface area contributed by atoms with E-state index < -0.39 is 5.92 Å². The number of methoxy groups -OCH3 is 3. The Kier molecular flexibility index (Phi) is 8.82. The normalized spacial score (nSPS) is 11.7. The van der Waals surface area contributed by atoms with E-state index in [0.29, 0.717) is 40.6 Å². The van der Waals surface area contributed by atoms with Gasteiger partial charge in [-0.25, -0.2) is 4.98 Å². The zero-order chi connectivity index (χ0) is 23.8.